The van der Waals surface area contributed by atoms with Crippen molar-refractivity contribution in [2.75, 3.05) is 17.7 Å². The van der Waals surface area contributed by atoms with Crippen molar-refractivity contribution in [2.24, 2.45) is 0 Å². The Morgan fingerprint density at radius 3 is 2.41 bits per heavy atom. The summed E-state index contributed by atoms with van der Waals surface area (Å²) in [6, 6.07) is 3.84. The number of carbonyl (C=O) groups is 2. The van der Waals surface area contributed by atoms with Crippen LogP contribution in [0.3, 0.4) is 0 Å². The number of carbonyl (C=O) groups excluding carboxylic acids is 2. The van der Waals surface area contributed by atoms with Crippen molar-refractivity contribution in [3.8, 4) is 0 Å². The predicted octanol–water partition coefficient (Wildman–Crippen LogP) is 2.52. The minimum absolute atomic E-state index is 0.122. The topological polar surface area (TPSA) is 109 Å². The third-order valence-corrected chi connectivity index (χ3v) is 5.08. The number of aryl methyl sites for hydroxylation is 1. The summed E-state index contributed by atoms with van der Waals surface area (Å²) in [7, 11) is 1.57. The summed E-state index contributed by atoms with van der Waals surface area (Å²) in [4.78, 5) is 36.4. The highest BCUT2D eigenvalue weighted by molar-refractivity contribution is 7.14. The lowest BCUT2D eigenvalue weighted by Crippen LogP contribution is -2.20. The van der Waals surface area contributed by atoms with Gasteiger partial charge in [-0.05, 0) is 24.6 Å². The maximum atomic E-state index is 12.2. The van der Waals surface area contributed by atoms with Crippen LogP contribution in [0.15, 0.2) is 29.1 Å². The van der Waals surface area contributed by atoms with Crippen LogP contribution in [-0.4, -0.2) is 33.8 Å². The van der Waals surface area contributed by atoms with Gasteiger partial charge in [-0.2, -0.15) is 0 Å². The summed E-state index contributed by atoms with van der Waals surface area (Å²) in [5.74, 6) is 0.386. The molecule has 0 aromatic carbocycles. The van der Waals surface area contributed by atoms with Gasteiger partial charge in [-0.15, -0.1) is 22.7 Å². The van der Waals surface area contributed by atoms with Gasteiger partial charge < -0.3 is 16.0 Å². The Kier molecular flexibility index (Phi) is 6.09. The molecule has 3 N–H and O–H groups in total. The van der Waals surface area contributed by atoms with E-state index in [9.17, 15) is 9.59 Å². The molecule has 0 spiro atoms. The average molecular weight is 403 g/mol. The number of hydrogen-bond donors (Lipinski definition) is 3. The first-order valence-electron chi connectivity index (χ1n) is 8.11. The molecule has 0 saturated carbocycles. The van der Waals surface area contributed by atoms with Gasteiger partial charge in [0.05, 0.1) is 24.2 Å². The van der Waals surface area contributed by atoms with Gasteiger partial charge in [0.25, 0.3) is 0 Å². The normalized spacial score (nSPS) is 10.4. The van der Waals surface area contributed by atoms with E-state index in [-0.39, 0.29) is 24.7 Å². The van der Waals surface area contributed by atoms with Crippen molar-refractivity contribution < 1.29 is 9.59 Å². The van der Waals surface area contributed by atoms with E-state index >= 15 is 0 Å². The van der Waals surface area contributed by atoms with Gasteiger partial charge in [0, 0.05) is 24.0 Å². The van der Waals surface area contributed by atoms with Gasteiger partial charge in [-0.3, -0.25) is 9.59 Å². The molecule has 10 heteroatoms. The fraction of sp³-hybridized carbons (Fsp3) is 0.235. The smallest absolute Gasteiger partial charge is 0.232 e. The van der Waals surface area contributed by atoms with Gasteiger partial charge >= 0.3 is 0 Å². The van der Waals surface area contributed by atoms with E-state index < -0.39 is 0 Å². The summed E-state index contributed by atoms with van der Waals surface area (Å²) >= 11 is 2.70. The monoisotopic (exact) mass is 402 g/mol. The van der Waals surface area contributed by atoms with Crippen LogP contribution in [0.25, 0.3) is 0 Å². The zero-order valence-electron chi connectivity index (χ0n) is 14.8. The van der Waals surface area contributed by atoms with Crippen LogP contribution >= 0.6 is 22.7 Å². The molecule has 3 aromatic rings. The van der Waals surface area contributed by atoms with Crippen molar-refractivity contribution in [3.63, 3.8) is 0 Å². The number of nitrogens with one attached hydrogen (secondary N) is 3. The molecule has 8 nitrogen and oxygen atoms in total. The van der Waals surface area contributed by atoms with E-state index in [2.05, 4.69) is 30.9 Å². The second-order valence-electron chi connectivity index (χ2n) is 5.71. The number of hydrogen-bond acceptors (Lipinski definition) is 8. The third kappa shape index (κ3) is 5.56. The fourth-order valence-corrected chi connectivity index (χ4v) is 3.63. The minimum atomic E-state index is -0.207. The van der Waals surface area contributed by atoms with E-state index in [1.165, 1.54) is 22.7 Å². The second kappa shape index (κ2) is 8.69. The summed E-state index contributed by atoms with van der Waals surface area (Å²) in [5.41, 5.74) is 2.39. The molecule has 27 heavy (non-hydrogen) atoms. The molecular weight excluding hydrogens is 384 g/mol. The van der Waals surface area contributed by atoms with Gasteiger partial charge in [0.15, 0.2) is 10.3 Å². The van der Waals surface area contributed by atoms with Crippen LogP contribution in [0.1, 0.15) is 17.0 Å². The summed E-state index contributed by atoms with van der Waals surface area (Å²) in [6.45, 7) is 1.99. The molecule has 0 aliphatic carbocycles. The van der Waals surface area contributed by atoms with Gasteiger partial charge in [0.1, 0.15) is 5.82 Å². The van der Waals surface area contributed by atoms with Crippen LogP contribution in [0.2, 0.25) is 0 Å². The van der Waals surface area contributed by atoms with Crippen LogP contribution in [0.4, 0.5) is 16.1 Å². The first-order valence-corrected chi connectivity index (χ1v) is 9.86. The first-order chi connectivity index (χ1) is 13.0. The van der Waals surface area contributed by atoms with Crippen LogP contribution < -0.4 is 16.0 Å². The van der Waals surface area contributed by atoms with Crippen LogP contribution in [0.5, 0.6) is 0 Å². The minimum Gasteiger partial charge on any atom is -0.359 e. The number of aromatic nitrogens is 3. The highest BCUT2D eigenvalue weighted by Crippen LogP contribution is 2.21. The molecule has 0 aliphatic rings. The van der Waals surface area contributed by atoms with Crippen molar-refractivity contribution >= 4 is 50.6 Å². The zero-order chi connectivity index (χ0) is 19.2. The Bertz CT molecular complexity index is 952. The van der Waals surface area contributed by atoms with E-state index in [1.54, 1.807) is 18.6 Å². The molecule has 0 bridgehead atoms. The summed E-state index contributed by atoms with van der Waals surface area (Å²) in [6.07, 6.45) is 2.06. The van der Waals surface area contributed by atoms with Gasteiger partial charge in [-0.25, -0.2) is 15.0 Å². The maximum Gasteiger partial charge on any atom is 0.232 e. The van der Waals surface area contributed by atoms with Crippen molar-refractivity contribution in [3.05, 3.63) is 46.0 Å². The van der Waals surface area contributed by atoms with Crippen molar-refractivity contribution in [1.82, 2.24) is 20.3 Å². The Morgan fingerprint density at radius 1 is 1.04 bits per heavy atom. The average Bonchev–Trinajstić information content (AvgIpc) is 3.24. The Hall–Kier alpha value is -2.85. The number of pyridine rings is 1. The Labute approximate surface area is 164 Å². The SMILES string of the molecule is CNC(=O)Cc1csc(NC(=O)Cc2csc(Nc3cc(C)ccn3)n2)n1. The molecule has 3 rings (SSSR count). The number of thiazole rings is 2. The lowest BCUT2D eigenvalue weighted by Gasteiger charge is -2.02. The Morgan fingerprint density at radius 2 is 1.70 bits per heavy atom. The quantitative estimate of drug-likeness (QED) is 0.560. The largest absolute Gasteiger partial charge is 0.359 e. The number of amides is 2. The van der Waals surface area contributed by atoms with Crippen molar-refractivity contribution in [1.29, 1.82) is 0 Å². The molecule has 0 atom stereocenters. The molecule has 3 aromatic heterocycles. The van der Waals surface area contributed by atoms with E-state index in [1.807, 2.05) is 24.4 Å². The molecule has 2 amide bonds. The summed E-state index contributed by atoms with van der Waals surface area (Å²) in [5, 5.41) is 13.1. The molecule has 140 valence electrons. The Balaban J connectivity index is 1.54. The molecule has 0 radical (unpaired) electrons. The molecule has 0 saturated heterocycles. The molecule has 0 fully saturated rings. The van der Waals surface area contributed by atoms with Crippen LogP contribution in [0, 0.1) is 6.92 Å². The van der Waals surface area contributed by atoms with Crippen molar-refractivity contribution in [2.45, 2.75) is 19.8 Å². The predicted molar refractivity (Wildman–Crippen MR) is 107 cm³/mol. The maximum absolute atomic E-state index is 12.2. The lowest BCUT2D eigenvalue weighted by atomic mass is 10.3. The molecule has 3 heterocycles. The van der Waals surface area contributed by atoms with Gasteiger partial charge in [-0.1, -0.05) is 0 Å². The fourth-order valence-electron chi connectivity index (χ4n) is 2.19. The molecule has 0 aliphatic heterocycles. The standard InChI is InChI=1S/C17H18N6O2S2/c1-10-3-4-19-13(5-10)22-16-20-12(9-26-16)7-15(25)23-17-21-11(8-27-17)6-14(24)18-2/h3-5,8-9H,6-7H2,1-2H3,(H,18,24)(H,19,20,22)(H,21,23,25). The second-order valence-corrected chi connectivity index (χ2v) is 7.42. The van der Waals surface area contributed by atoms with Gasteiger partial charge in [0.2, 0.25) is 11.8 Å². The highest BCUT2D eigenvalue weighted by Gasteiger charge is 2.12. The molecular formula is C17H18N6O2S2. The number of rotatable bonds is 7. The lowest BCUT2D eigenvalue weighted by molar-refractivity contribution is -0.120. The van der Waals surface area contributed by atoms with E-state index in [0.29, 0.717) is 27.5 Å². The molecule has 0 unspecified atom stereocenters. The summed E-state index contributed by atoms with van der Waals surface area (Å²) < 4.78 is 0. The number of nitrogens with zero attached hydrogens (tertiary/aromatic N) is 3. The van der Waals surface area contributed by atoms with Crippen LogP contribution in [-0.2, 0) is 22.4 Å². The van der Waals surface area contributed by atoms with E-state index in [4.69, 9.17) is 0 Å². The van der Waals surface area contributed by atoms with E-state index in [0.717, 1.165) is 5.56 Å². The third-order valence-electron chi connectivity index (χ3n) is 3.46. The zero-order valence-corrected chi connectivity index (χ0v) is 16.4. The first kappa shape index (κ1) is 18.9. The highest BCUT2D eigenvalue weighted by atomic mass is 32.1. The number of anilines is 3. The number of likely N-dealkylation sites (N-methyl/N-ethyl adjacent to an activating group) is 1.